The first-order chi connectivity index (χ1) is 7.65. The third-order valence-electron chi connectivity index (χ3n) is 2.99. The molecule has 1 aliphatic heterocycles. The molecule has 1 amide bonds. The summed E-state index contributed by atoms with van der Waals surface area (Å²) in [6.45, 7) is 11.5. The van der Waals surface area contributed by atoms with Gasteiger partial charge in [0.15, 0.2) is 0 Å². The van der Waals surface area contributed by atoms with E-state index in [4.69, 9.17) is 0 Å². The Labute approximate surface area is 98.1 Å². The van der Waals surface area contributed by atoms with Crippen LogP contribution in [0.25, 0.3) is 0 Å². The number of carbonyl (C=O) groups excluding carboxylic acids is 1. The van der Waals surface area contributed by atoms with Crippen LogP contribution < -0.4 is 10.6 Å². The number of carbonyl (C=O) groups is 1. The van der Waals surface area contributed by atoms with E-state index in [0.717, 1.165) is 32.6 Å². The second kappa shape index (κ2) is 6.66. The van der Waals surface area contributed by atoms with Crippen LogP contribution in [0.3, 0.4) is 0 Å². The lowest BCUT2D eigenvalue weighted by atomic mass is 10.2. The minimum atomic E-state index is -0.0330. The van der Waals surface area contributed by atoms with E-state index in [1.807, 2.05) is 19.9 Å². The zero-order chi connectivity index (χ0) is 12.0. The highest BCUT2D eigenvalue weighted by Gasteiger charge is 2.23. The fraction of sp³-hybridized carbons (Fsp3) is 0.750. The molecule has 2 atom stereocenters. The number of hydrogen-bond donors (Lipinski definition) is 2. The molecule has 1 rings (SSSR count). The van der Waals surface area contributed by atoms with Crippen molar-refractivity contribution in [2.24, 2.45) is 0 Å². The monoisotopic (exact) mass is 225 g/mol. The lowest BCUT2D eigenvalue weighted by Gasteiger charge is -2.32. The van der Waals surface area contributed by atoms with E-state index < -0.39 is 0 Å². The molecule has 1 saturated heterocycles. The Morgan fingerprint density at radius 2 is 2.12 bits per heavy atom. The zero-order valence-corrected chi connectivity index (χ0v) is 10.3. The summed E-state index contributed by atoms with van der Waals surface area (Å²) >= 11 is 0. The van der Waals surface area contributed by atoms with Crippen LogP contribution in [0.1, 0.15) is 20.3 Å². The first-order valence-electron chi connectivity index (χ1n) is 6.01. The number of rotatable bonds is 5. The van der Waals surface area contributed by atoms with Crippen molar-refractivity contribution >= 4 is 5.91 Å². The van der Waals surface area contributed by atoms with Gasteiger partial charge in [-0.15, -0.1) is 6.58 Å². The predicted molar refractivity (Wildman–Crippen MR) is 66.3 cm³/mol. The van der Waals surface area contributed by atoms with E-state index in [2.05, 4.69) is 22.1 Å². The average molecular weight is 225 g/mol. The van der Waals surface area contributed by atoms with Gasteiger partial charge in [-0.3, -0.25) is 9.69 Å². The average Bonchev–Trinajstić information content (AvgIpc) is 2.29. The summed E-state index contributed by atoms with van der Waals surface area (Å²) in [4.78, 5) is 14.1. The second-order valence-corrected chi connectivity index (χ2v) is 4.40. The highest BCUT2D eigenvalue weighted by Crippen LogP contribution is 2.02. The van der Waals surface area contributed by atoms with E-state index >= 15 is 0 Å². The van der Waals surface area contributed by atoms with Gasteiger partial charge in [-0.2, -0.15) is 0 Å². The van der Waals surface area contributed by atoms with Crippen LogP contribution in [0.2, 0.25) is 0 Å². The predicted octanol–water partition coefficient (Wildman–Crippen LogP) is 0.361. The number of nitrogens with one attached hydrogen (secondary N) is 2. The number of piperazine rings is 1. The fourth-order valence-corrected chi connectivity index (χ4v) is 1.91. The Bertz CT molecular complexity index is 236. The maximum absolute atomic E-state index is 11.9. The molecule has 1 heterocycles. The largest absolute Gasteiger partial charge is 0.352 e. The summed E-state index contributed by atoms with van der Waals surface area (Å²) < 4.78 is 0. The van der Waals surface area contributed by atoms with Crippen molar-refractivity contribution < 1.29 is 4.79 Å². The van der Waals surface area contributed by atoms with Crippen LogP contribution in [0.5, 0.6) is 0 Å². The highest BCUT2D eigenvalue weighted by atomic mass is 16.2. The summed E-state index contributed by atoms with van der Waals surface area (Å²) in [5.41, 5.74) is 0. The van der Waals surface area contributed by atoms with Gasteiger partial charge in [0, 0.05) is 32.2 Å². The maximum atomic E-state index is 11.9. The van der Waals surface area contributed by atoms with Crippen molar-refractivity contribution in [2.45, 2.75) is 32.4 Å². The standard InChI is InChI=1S/C12H23N3O/c1-4-5-10(2)14-12(16)11(3)15-8-6-13-7-9-15/h4,10-11,13H,1,5-9H2,2-3H3,(H,14,16). The molecule has 0 aromatic heterocycles. The smallest absolute Gasteiger partial charge is 0.237 e. The molecule has 2 N–H and O–H groups in total. The summed E-state index contributed by atoms with van der Waals surface area (Å²) in [5.74, 6) is 0.122. The number of amides is 1. The molecule has 4 nitrogen and oxygen atoms in total. The van der Waals surface area contributed by atoms with Gasteiger partial charge in [0.2, 0.25) is 5.91 Å². The Morgan fingerprint density at radius 1 is 1.50 bits per heavy atom. The number of hydrogen-bond acceptors (Lipinski definition) is 3. The molecular weight excluding hydrogens is 202 g/mol. The van der Waals surface area contributed by atoms with Gasteiger partial charge in [0.1, 0.15) is 0 Å². The minimum absolute atomic E-state index is 0.0330. The molecule has 2 unspecified atom stereocenters. The van der Waals surface area contributed by atoms with E-state index in [-0.39, 0.29) is 18.0 Å². The van der Waals surface area contributed by atoms with Crippen LogP contribution in [0.15, 0.2) is 12.7 Å². The quantitative estimate of drug-likeness (QED) is 0.664. The zero-order valence-electron chi connectivity index (χ0n) is 10.3. The van der Waals surface area contributed by atoms with E-state index in [0.29, 0.717) is 0 Å². The van der Waals surface area contributed by atoms with Gasteiger partial charge in [0.05, 0.1) is 6.04 Å². The molecular formula is C12H23N3O. The molecule has 0 saturated carbocycles. The van der Waals surface area contributed by atoms with Crippen molar-refractivity contribution in [3.8, 4) is 0 Å². The third-order valence-corrected chi connectivity index (χ3v) is 2.99. The number of nitrogens with zero attached hydrogens (tertiary/aromatic N) is 1. The normalized spacial score (nSPS) is 21.1. The molecule has 1 aliphatic rings. The topological polar surface area (TPSA) is 44.4 Å². The van der Waals surface area contributed by atoms with E-state index in [1.165, 1.54) is 0 Å². The van der Waals surface area contributed by atoms with Crippen LogP contribution in [-0.2, 0) is 4.79 Å². The van der Waals surface area contributed by atoms with Crippen LogP contribution in [0.4, 0.5) is 0 Å². The molecule has 0 aromatic carbocycles. The third kappa shape index (κ3) is 3.94. The fourth-order valence-electron chi connectivity index (χ4n) is 1.91. The first kappa shape index (κ1) is 13.2. The highest BCUT2D eigenvalue weighted by molar-refractivity contribution is 5.81. The van der Waals surface area contributed by atoms with Gasteiger partial charge < -0.3 is 10.6 Å². The molecule has 0 radical (unpaired) electrons. The maximum Gasteiger partial charge on any atom is 0.237 e. The van der Waals surface area contributed by atoms with E-state index in [9.17, 15) is 4.79 Å². The SMILES string of the molecule is C=CCC(C)NC(=O)C(C)N1CCNCC1. The summed E-state index contributed by atoms with van der Waals surface area (Å²) in [6, 6.07) is 0.143. The van der Waals surface area contributed by atoms with Crippen molar-refractivity contribution in [1.82, 2.24) is 15.5 Å². The van der Waals surface area contributed by atoms with Gasteiger partial charge in [-0.1, -0.05) is 6.08 Å². The van der Waals surface area contributed by atoms with Gasteiger partial charge >= 0.3 is 0 Å². The Morgan fingerprint density at radius 3 is 2.69 bits per heavy atom. The van der Waals surface area contributed by atoms with Crippen LogP contribution in [0, 0.1) is 0 Å². The minimum Gasteiger partial charge on any atom is -0.352 e. The molecule has 0 aliphatic carbocycles. The van der Waals surface area contributed by atoms with Crippen LogP contribution in [-0.4, -0.2) is 49.1 Å². The van der Waals surface area contributed by atoms with Crippen LogP contribution >= 0.6 is 0 Å². The molecule has 4 heteroatoms. The Kier molecular flexibility index (Phi) is 5.49. The Hall–Kier alpha value is -0.870. The van der Waals surface area contributed by atoms with Crippen molar-refractivity contribution in [3.05, 3.63) is 12.7 Å². The molecule has 0 aromatic rings. The molecule has 16 heavy (non-hydrogen) atoms. The molecule has 1 fully saturated rings. The Balaban J connectivity index is 2.36. The summed E-state index contributed by atoms with van der Waals surface area (Å²) in [6.07, 6.45) is 2.65. The lowest BCUT2D eigenvalue weighted by Crippen LogP contribution is -2.53. The van der Waals surface area contributed by atoms with Gasteiger partial charge in [-0.05, 0) is 20.3 Å². The van der Waals surface area contributed by atoms with E-state index in [1.54, 1.807) is 0 Å². The van der Waals surface area contributed by atoms with Crippen molar-refractivity contribution in [1.29, 1.82) is 0 Å². The lowest BCUT2D eigenvalue weighted by molar-refractivity contribution is -0.126. The molecule has 0 spiro atoms. The summed E-state index contributed by atoms with van der Waals surface area (Å²) in [7, 11) is 0. The molecule has 0 bridgehead atoms. The van der Waals surface area contributed by atoms with Crippen molar-refractivity contribution in [2.75, 3.05) is 26.2 Å². The summed E-state index contributed by atoms with van der Waals surface area (Å²) in [5, 5.41) is 6.29. The van der Waals surface area contributed by atoms with Crippen molar-refractivity contribution in [3.63, 3.8) is 0 Å². The second-order valence-electron chi connectivity index (χ2n) is 4.40. The first-order valence-corrected chi connectivity index (χ1v) is 6.01. The van der Waals surface area contributed by atoms with Gasteiger partial charge in [0.25, 0.3) is 0 Å². The molecule has 92 valence electrons. The van der Waals surface area contributed by atoms with Gasteiger partial charge in [-0.25, -0.2) is 0 Å².